The lowest BCUT2D eigenvalue weighted by Gasteiger charge is -2.16. The number of aliphatic hydroxyl groups is 1. The molecule has 2 rings (SSSR count). The maximum absolute atomic E-state index is 9.03. The Hall–Kier alpha value is -0.940. The Morgan fingerprint density at radius 3 is 2.65 bits per heavy atom. The molecule has 0 spiro atoms. The van der Waals surface area contributed by atoms with E-state index in [0.29, 0.717) is 19.3 Å². The molecule has 4 nitrogen and oxygen atoms in total. The van der Waals surface area contributed by atoms with Crippen molar-refractivity contribution in [2.75, 3.05) is 32.9 Å². The zero-order valence-corrected chi connectivity index (χ0v) is 12.3. The fourth-order valence-electron chi connectivity index (χ4n) is 2.50. The Morgan fingerprint density at radius 2 is 1.95 bits per heavy atom. The van der Waals surface area contributed by atoms with Crippen LogP contribution in [0.2, 0.25) is 0 Å². The van der Waals surface area contributed by atoms with E-state index in [1.54, 1.807) is 0 Å². The van der Waals surface area contributed by atoms with Crippen molar-refractivity contribution in [1.29, 1.82) is 0 Å². The first-order valence-corrected chi connectivity index (χ1v) is 7.42. The normalized spacial score (nSPS) is 19.6. The number of hydrogen-bond acceptors (Lipinski definition) is 4. The lowest BCUT2D eigenvalue weighted by molar-refractivity contribution is 0.0117. The van der Waals surface area contributed by atoms with Crippen LogP contribution in [-0.4, -0.2) is 49.0 Å². The molecule has 4 heteroatoms. The molecule has 0 unspecified atom stereocenters. The van der Waals surface area contributed by atoms with Crippen molar-refractivity contribution in [3.8, 4) is 0 Å². The van der Waals surface area contributed by atoms with Gasteiger partial charge in [0.2, 0.25) is 0 Å². The van der Waals surface area contributed by atoms with E-state index in [0.717, 1.165) is 38.2 Å². The minimum atomic E-state index is 0.111. The Kier molecular flexibility index (Phi) is 6.47. The molecule has 0 aliphatic carbocycles. The van der Waals surface area contributed by atoms with Crippen molar-refractivity contribution in [2.45, 2.75) is 32.6 Å². The van der Waals surface area contributed by atoms with Gasteiger partial charge in [-0.15, -0.1) is 0 Å². The highest BCUT2D eigenvalue weighted by molar-refractivity contribution is 5.22. The molecule has 1 N–H and O–H groups in total. The largest absolute Gasteiger partial charge is 0.392 e. The zero-order chi connectivity index (χ0) is 14.2. The number of ether oxygens (including phenoxy) is 2. The summed E-state index contributed by atoms with van der Waals surface area (Å²) in [7, 11) is 0. The van der Waals surface area contributed by atoms with Gasteiger partial charge in [-0.1, -0.05) is 24.3 Å². The zero-order valence-electron chi connectivity index (χ0n) is 12.3. The second-order valence-corrected chi connectivity index (χ2v) is 5.19. The van der Waals surface area contributed by atoms with Crippen LogP contribution in [0, 0.1) is 0 Å². The molecule has 0 amide bonds. The molecule has 1 aliphatic rings. The standard InChI is InChI=1S/C16H25NO3/c1-2-19-9-10-20-16-7-8-17(12-16)11-14-3-5-15(13-18)6-4-14/h3-6,16,18H,2,7-13H2,1H3/t16-/m0/s1. The summed E-state index contributed by atoms with van der Waals surface area (Å²) in [4.78, 5) is 2.42. The second-order valence-electron chi connectivity index (χ2n) is 5.19. The molecule has 1 aromatic carbocycles. The fourth-order valence-corrected chi connectivity index (χ4v) is 2.50. The van der Waals surface area contributed by atoms with E-state index in [2.05, 4.69) is 17.0 Å². The van der Waals surface area contributed by atoms with E-state index < -0.39 is 0 Å². The van der Waals surface area contributed by atoms with Gasteiger partial charge in [0, 0.05) is 26.2 Å². The molecule has 112 valence electrons. The van der Waals surface area contributed by atoms with Crippen LogP contribution in [0.15, 0.2) is 24.3 Å². The van der Waals surface area contributed by atoms with Gasteiger partial charge in [-0.05, 0) is 24.5 Å². The molecule has 1 aromatic rings. The Labute approximate surface area is 121 Å². The van der Waals surface area contributed by atoms with Crippen LogP contribution in [0.3, 0.4) is 0 Å². The highest BCUT2D eigenvalue weighted by atomic mass is 16.5. The fraction of sp³-hybridized carbons (Fsp3) is 0.625. The van der Waals surface area contributed by atoms with Gasteiger partial charge in [-0.2, -0.15) is 0 Å². The van der Waals surface area contributed by atoms with Gasteiger partial charge in [0.25, 0.3) is 0 Å². The van der Waals surface area contributed by atoms with Gasteiger partial charge in [-0.25, -0.2) is 0 Å². The number of rotatable bonds is 8. The van der Waals surface area contributed by atoms with Gasteiger partial charge in [0.05, 0.1) is 25.9 Å². The third-order valence-electron chi connectivity index (χ3n) is 3.63. The minimum Gasteiger partial charge on any atom is -0.392 e. The van der Waals surface area contributed by atoms with Crippen LogP contribution in [0.1, 0.15) is 24.5 Å². The van der Waals surface area contributed by atoms with E-state index in [4.69, 9.17) is 14.6 Å². The van der Waals surface area contributed by atoms with Crippen LogP contribution in [-0.2, 0) is 22.6 Å². The van der Waals surface area contributed by atoms with Crippen molar-refractivity contribution >= 4 is 0 Å². The maximum atomic E-state index is 9.03. The van der Waals surface area contributed by atoms with Crippen molar-refractivity contribution in [1.82, 2.24) is 4.90 Å². The predicted octanol–water partition coefficient (Wildman–Crippen LogP) is 1.81. The van der Waals surface area contributed by atoms with Gasteiger partial charge >= 0.3 is 0 Å². The first-order chi connectivity index (χ1) is 9.81. The first-order valence-electron chi connectivity index (χ1n) is 7.42. The SMILES string of the molecule is CCOCCO[C@H]1CCN(Cc2ccc(CO)cc2)C1. The molecule has 0 aromatic heterocycles. The monoisotopic (exact) mass is 279 g/mol. The summed E-state index contributed by atoms with van der Waals surface area (Å²) < 4.78 is 11.1. The van der Waals surface area contributed by atoms with Crippen molar-refractivity contribution < 1.29 is 14.6 Å². The lowest BCUT2D eigenvalue weighted by Crippen LogP contribution is -2.24. The summed E-state index contributed by atoms with van der Waals surface area (Å²) in [5, 5.41) is 9.03. The smallest absolute Gasteiger partial charge is 0.0715 e. The van der Waals surface area contributed by atoms with Gasteiger partial charge in [-0.3, -0.25) is 4.90 Å². The second kappa shape index (κ2) is 8.37. The third-order valence-corrected chi connectivity index (χ3v) is 3.63. The van der Waals surface area contributed by atoms with Crippen molar-refractivity contribution in [2.24, 2.45) is 0 Å². The lowest BCUT2D eigenvalue weighted by atomic mass is 10.1. The summed E-state index contributed by atoms with van der Waals surface area (Å²) in [5.74, 6) is 0. The molecule has 0 bridgehead atoms. The molecule has 1 atom stereocenters. The Morgan fingerprint density at radius 1 is 1.20 bits per heavy atom. The highest BCUT2D eigenvalue weighted by Crippen LogP contribution is 2.16. The predicted molar refractivity (Wildman–Crippen MR) is 78.5 cm³/mol. The molecule has 1 fully saturated rings. The minimum absolute atomic E-state index is 0.111. The topological polar surface area (TPSA) is 41.9 Å². The van der Waals surface area contributed by atoms with E-state index in [1.165, 1.54) is 5.56 Å². The molecule has 1 saturated heterocycles. The maximum Gasteiger partial charge on any atom is 0.0715 e. The first kappa shape index (κ1) is 15.4. The number of benzene rings is 1. The molecule has 20 heavy (non-hydrogen) atoms. The quantitative estimate of drug-likeness (QED) is 0.737. The van der Waals surface area contributed by atoms with Crippen LogP contribution in [0.25, 0.3) is 0 Å². The average Bonchev–Trinajstić information content (AvgIpc) is 2.92. The van der Waals surface area contributed by atoms with Gasteiger partial charge in [0.1, 0.15) is 0 Å². The number of likely N-dealkylation sites (tertiary alicyclic amines) is 1. The number of hydrogen-bond donors (Lipinski definition) is 1. The summed E-state index contributed by atoms with van der Waals surface area (Å²) in [6, 6.07) is 8.16. The summed E-state index contributed by atoms with van der Waals surface area (Å²) >= 11 is 0. The van der Waals surface area contributed by atoms with Crippen molar-refractivity contribution in [3.63, 3.8) is 0 Å². The molecular formula is C16H25NO3. The van der Waals surface area contributed by atoms with E-state index in [9.17, 15) is 0 Å². The van der Waals surface area contributed by atoms with E-state index >= 15 is 0 Å². The van der Waals surface area contributed by atoms with Crippen LogP contribution >= 0.6 is 0 Å². The molecule has 0 saturated carbocycles. The third kappa shape index (κ3) is 4.87. The van der Waals surface area contributed by atoms with Crippen LogP contribution < -0.4 is 0 Å². The van der Waals surface area contributed by atoms with Crippen LogP contribution in [0.5, 0.6) is 0 Å². The van der Waals surface area contributed by atoms with Crippen molar-refractivity contribution in [3.05, 3.63) is 35.4 Å². The van der Waals surface area contributed by atoms with Gasteiger partial charge < -0.3 is 14.6 Å². The molecule has 0 radical (unpaired) electrons. The van der Waals surface area contributed by atoms with Crippen LogP contribution in [0.4, 0.5) is 0 Å². The molecular weight excluding hydrogens is 254 g/mol. The summed E-state index contributed by atoms with van der Waals surface area (Å²) in [5.41, 5.74) is 2.25. The molecule has 1 aliphatic heterocycles. The Bertz CT molecular complexity index is 380. The Balaban J connectivity index is 1.69. The summed E-state index contributed by atoms with van der Waals surface area (Å²) in [6.45, 7) is 7.28. The van der Waals surface area contributed by atoms with E-state index in [-0.39, 0.29) is 6.61 Å². The number of nitrogens with zero attached hydrogens (tertiary/aromatic N) is 1. The highest BCUT2D eigenvalue weighted by Gasteiger charge is 2.22. The summed E-state index contributed by atoms with van der Waals surface area (Å²) in [6.07, 6.45) is 1.44. The molecule has 1 heterocycles. The number of aliphatic hydroxyl groups excluding tert-OH is 1. The van der Waals surface area contributed by atoms with Gasteiger partial charge in [0.15, 0.2) is 0 Å². The van der Waals surface area contributed by atoms with E-state index in [1.807, 2.05) is 19.1 Å². The average molecular weight is 279 g/mol.